The van der Waals surface area contributed by atoms with Crippen LogP contribution in [-0.2, 0) is 0 Å². The Balaban J connectivity index is 2.97. The molecule has 2 heteroatoms. The molecule has 134 valence electrons. The number of hydrogen-bond donors (Lipinski definition) is 1. The zero-order valence-electron chi connectivity index (χ0n) is 15.1. The van der Waals surface area contributed by atoms with Crippen molar-refractivity contribution in [1.29, 1.82) is 0 Å². The van der Waals surface area contributed by atoms with Gasteiger partial charge in [-0.15, -0.1) is 0 Å². The third kappa shape index (κ3) is 18.5. The molecule has 0 saturated heterocycles. The lowest BCUT2D eigenvalue weighted by Crippen LogP contribution is -2.06. The third-order valence-electron chi connectivity index (χ3n) is 4.57. The molecule has 22 heavy (non-hydrogen) atoms. The van der Waals surface area contributed by atoms with Gasteiger partial charge in [-0.05, 0) is 6.42 Å². The number of aliphatic hydroxyl groups is 1. The normalized spacial score (nSPS) is 12.7. The Morgan fingerprint density at radius 1 is 0.591 bits per heavy atom. The van der Waals surface area contributed by atoms with E-state index in [0.29, 0.717) is 0 Å². The van der Waals surface area contributed by atoms with E-state index in [4.69, 9.17) is 0 Å². The molecule has 0 aliphatic rings. The zero-order chi connectivity index (χ0) is 16.3. The molecule has 0 radical (unpaired) electrons. The minimum absolute atomic E-state index is 0.133. The highest BCUT2D eigenvalue weighted by Gasteiger charge is 2.00. The highest BCUT2D eigenvalue weighted by molar-refractivity contribution is 9.09. The van der Waals surface area contributed by atoms with E-state index in [0.717, 1.165) is 11.8 Å². The molecule has 0 rings (SSSR count). The van der Waals surface area contributed by atoms with E-state index in [1.807, 2.05) is 0 Å². The van der Waals surface area contributed by atoms with Crippen molar-refractivity contribution in [3.05, 3.63) is 0 Å². The maximum Gasteiger partial charge on any atom is 0.0637 e. The van der Waals surface area contributed by atoms with Gasteiger partial charge in [0.2, 0.25) is 0 Å². The van der Waals surface area contributed by atoms with E-state index in [9.17, 15) is 5.11 Å². The molecule has 1 unspecified atom stereocenters. The number of halogens is 1. The van der Waals surface area contributed by atoms with Crippen molar-refractivity contribution in [3.63, 3.8) is 0 Å². The lowest BCUT2D eigenvalue weighted by atomic mass is 10.0. The van der Waals surface area contributed by atoms with Gasteiger partial charge in [0.1, 0.15) is 0 Å². The monoisotopic (exact) mass is 376 g/mol. The molecule has 0 aliphatic heterocycles. The lowest BCUT2D eigenvalue weighted by Gasteiger charge is -2.06. The SMILES string of the molecule is CCCCCCCCCCCCCCCCCCC(O)CBr. The fraction of sp³-hybridized carbons (Fsp3) is 1.00. The molecule has 0 saturated carbocycles. The molecule has 0 aromatic heterocycles. The first-order valence-electron chi connectivity index (χ1n) is 10.0. The average molecular weight is 377 g/mol. The summed E-state index contributed by atoms with van der Waals surface area (Å²) in [7, 11) is 0. The Bertz CT molecular complexity index is 196. The van der Waals surface area contributed by atoms with E-state index < -0.39 is 0 Å². The van der Waals surface area contributed by atoms with Gasteiger partial charge in [0.05, 0.1) is 6.10 Å². The summed E-state index contributed by atoms with van der Waals surface area (Å²) < 4.78 is 0. The summed E-state index contributed by atoms with van der Waals surface area (Å²) in [5.41, 5.74) is 0. The second-order valence-corrected chi connectivity index (χ2v) is 7.55. The van der Waals surface area contributed by atoms with Crippen LogP contribution < -0.4 is 0 Å². The van der Waals surface area contributed by atoms with Crippen LogP contribution >= 0.6 is 15.9 Å². The molecule has 1 nitrogen and oxygen atoms in total. The largest absolute Gasteiger partial charge is 0.392 e. The molecule has 0 fully saturated rings. The van der Waals surface area contributed by atoms with Gasteiger partial charge in [-0.1, -0.05) is 126 Å². The lowest BCUT2D eigenvalue weighted by molar-refractivity contribution is 0.186. The number of aliphatic hydroxyl groups excluding tert-OH is 1. The van der Waals surface area contributed by atoms with Gasteiger partial charge in [0.25, 0.3) is 0 Å². The van der Waals surface area contributed by atoms with Crippen LogP contribution in [0.25, 0.3) is 0 Å². The van der Waals surface area contributed by atoms with Crippen LogP contribution in [0.1, 0.15) is 116 Å². The maximum absolute atomic E-state index is 9.43. The summed E-state index contributed by atoms with van der Waals surface area (Å²) in [4.78, 5) is 0. The first-order valence-corrected chi connectivity index (χ1v) is 11.2. The Hall–Kier alpha value is 0.440. The van der Waals surface area contributed by atoms with E-state index in [-0.39, 0.29) is 6.10 Å². The van der Waals surface area contributed by atoms with Crippen molar-refractivity contribution in [2.24, 2.45) is 0 Å². The molecule has 1 atom stereocenters. The van der Waals surface area contributed by atoms with E-state index in [1.165, 1.54) is 103 Å². The van der Waals surface area contributed by atoms with Gasteiger partial charge in [-0.25, -0.2) is 0 Å². The fourth-order valence-corrected chi connectivity index (χ4v) is 3.33. The summed E-state index contributed by atoms with van der Waals surface area (Å²) in [6.45, 7) is 2.29. The van der Waals surface area contributed by atoms with Gasteiger partial charge in [0, 0.05) is 5.33 Å². The van der Waals surface area contributed by atoms with Gasteiger partial charge in [0.15, 0.2) is 0 Å². The van der Waals surface area contributed by atoms with Crippen molar-refractivity contribution in [3.8, 4) is 0 Å². The molecule has 0 aliphatic carbocycles. The summed E-state index contributed by atoms with van der Waals surface area (Å²) in [6, 6.07) is 0. The van der Waals surface area contributed by atoms with Crippen LogP contribution in [0, 0.1) is 0 Å². The standard InChI is InChI=1S/C20H41BrO/c1-2-3-4-5-6-7-8-9-10-11-12-13-14-15-16-17-18-20(22)19-21/h20,22H,2-19H2,1H3. The predicted molar refractivity (Wildman–Crippen MR) is 104 cm³/mol. The number of hydrogen-bond acceptors (Lipinski definition) is 1. The first kappa shape index (κ1) is 22.4. The van der Waals surface area contributed by atoms with Gasteiger partial charge >= 0.3 is 0 Å². The zero-order valence-corrected chi connectivity index (χ0v) is 16.7. The topological polar surface area (TPSA) is 20.2 Å². The van der Waals surface area contributed by atoms with Gasteiger partial charge in [-0.3, -0.25) is 0 Å². The summed E-state index contributed by atoms with van der Waals surface area (Å²) in [6.07, 6.45) is 23.3. The minimum Gasteiger partial charge on any atom is -0.392 e. The number of rotatable bonds is 18. The Labute approximate surface area is 148 Å². The van der Waals surface area contributed by atoms with Crippen LogP contribution in [-0.4, -0.2) is 16.5 Å². The van der Waals surface area contributed by atoms with Crippen LogP contribution in [0.15, 0.2) is 0 Å². The van der Waals surface area contributed by atoms with E-state index >= 15 is 0 Å². The quantitative estimate of drug-likeness (QED) is 0.195. The molecule has 1 N–H and O–H groups in total. The summed E-state index contributed by atoms with van der Waals surface area (Å²) >= 11 is 3.31. The van der Waals surface area contributed by atoms with Crippen LogP contribution in [0.3, 0.4) is 0 Å². The molecular weight excluding hydrogens is 336 g/mol. The second kappa shape index (κ2) is 19.5. The van der Waals surface area contributed by atoms with Crippen LogP contribution in [0.5, 0.6) is 0 Å². The first-order chi connectivity index (χ1) is 10.8. The molecule has 0 heterocycles. The smallest absolute Gasteiger partial charge is 0.0637 e. The van der Waals surface area contributed by atoms with Crippen LogP contribution in [0.2, 0.25) is 0 Å². The van der Waals surface area contributed by atoms with Crippen molar-refractivity contribution < 1.29 is 5.11 Å². The summed E-state index contributed by atoms with van der Waals surface area (Å²) in [5.74, 6) is 0. The molecule has 0 aromatic rings. The van der Waals surface area contributed by atoms with Crippen molar-refractivity contribution >= 4 is 15.9 Å². The third-order valence-corrected chi connectivity index (χ3v) is 5.32. The summed E-state index contributed by atoms with van der Waals surface area (Å²) in [5, 5.41) is 10.2. The Morgan fingerprint density at radius 2 is 0.909 bits per heavy atom. The predicted octanol–water partition coefficient (Wildman–Crippen LogP) is 7.39. The maximum atomic E-state index is 9.43. The van der Waals surface area contributed by atoms with Crippen LogP contribution in [0.4, 0.5) is 0 Å². The highest BCUT2D eigenvalue weighted by atomic mass is 79.9. The van der Waals surface area contributed by atoms with Crippen molar-refractivity contribution in [2.75, 3.05) is 5.33 Å². The van der Waals surface area contributed by atoms with E-state index in [2.05, 4.69) is 22.9 Å². The molecular formula is C20H41BrO. The number of unbranched alkanes of at least 4 members (excludes halogenated alkanes) is 15. The van der Waals surface area contributed by atoms with E-state index in [1.54, 1.807) is 0 Å². The Kier molecular flexibility index (Phi) is 19.9. The highest BCUT2D eigenvalue weighted by Crippen LogP contribution is 2.14. The van der Waals surface area contributed by atoms with Gasteiger partial charge < -0.3 is 5.11 Å². The molecule has 0 bridgehead atoms. The number of alkyl halides is 1. The Morgan fingerprint density at radius 3 is 1.23 bits per heavy atom. The molecule has 0 amide bonds. The van der Waals surface area contributed by atoms with Crippen molar-refractivity contribution in [2.45, 2.75) is 122 Å². The fourth-order valence-electron chi connectivity index (χ4n) is 3.01. The minimum atomic E-state index is -0.133. The van der Waals surface area contributed by atoms with Gasteiger partial charge in [-0.2, -0.15) is 0 Å². The van der Waals surface area contributed by atoms with Crippen molar-refractivity contribution in [1.82, 2.24) is 0 Å². The molecule has 0 aromatic carbocycles. The molecule has 0 spiro atoms. The second-order valence-electron chi connectivity index (χ2n) is 6.90. The average Bonchev–Trinajstić information content (AvgIpc) is 2.54.